The summed E-state index contributed by atoms with van der Waals surface area (Å²) >= 11 is 0. The summed E-state index contributed by atoms with van der Waals surface area (Å²) < 4.78 is 0. The molecular weight excluding hydrogens is 134 g/mol. The van der Waals surface area contributed by atoms with Gasteiger partial charge in [-0.15, -0.1) is 0 Å². The molecule has 2 aliphatic rings. The van der Waals surface area contributed by atoms with Gasteiger partial charge < -0.3 is 0 Å². The van der Waals surface area contributed by atoms with E-state index in [2.05, 4.69) is 11.2 Å². The molecule has 1 spiro atoms. The van der Waals surface area contributed by atoms with Crippen LogP contribution in [-0.2, 0) is 0 Å². The van der Waals surface area contributed by atoms with E-state index in [0.717, 1.165) is 6.54 Å². The molecule has 0 amide bonds. The minimum atomic E-state index is 0.566. The van der Waals surface area contributed by atoms with E-state index < -0.39 is 0 Å². The van der Waals surface area contributed by atoms with E-state index in [-0.39, 0.29) is 0 Å². The van der Waals surface area contributed by atoms with Gasteiger partial charge in [0.2, 0.25) is 0 Å². The van der Waals surface area contributed by atoms with Crippen LogP contribution in [0.3, 0.4) is 0 Å². The van der Waals surface area contributed by atoms with Gasteiger partial charge in [0.1, 0.15) is 0 Å². The molecule has 0 unspecified atom stereocenters. The van der Waals surface area contributed by atoms with Crippen LogP contribution in [0.2, 0.25) is 0 Å². The topological polar surface area (TPSA) is 12.4 Å². The van der Waals surface area contributed by atoms with Crippen LogP contribution < -0.4 is 0 Å². The summed E-state index contributed by atoms with van der Waals surface area (Å²) in [4.78, 5) is 4.43. The van der Waals surface area contributed by atoms with Gasteiger partial charge >= 0.3 is 0 Å². The van der Waals surface area contributed by atoms with E-state index in [9.17, 15) is 0 Å². The fraction of sp³-hybridized carbons (Fsp3) is 0.900. The zero-order valence-electron chi connectivity index (χ0n) is 7.18. The van der Waals surface area contributed by atoms with Crippen molar-refractivity contribution in [2.75, 3.05) is 6.54 Å². The number of nitrogens with zero attached hydrogens (tertiary/aromatic N) is 1. The standard InChI is InChI=1S/C10H17N/c1-2-5-10(6-3-1)7-4-8-11-9-10/h9H,1-8H2. The number of hydrogen-bond donors (Lipinski definition) is 0. The monoisotopic (exact) mass is 151 g/mol. The lowest BCUT2D eigenvalue weighted by molar-refractivity contribution is 0.259. The molecule has 1 heterocycles. The molecular formula is C10H17N. The predicted molar refractivity (Wildman–Crippen MR) is 48.1 cm³/mol. The smallest absolute Gasteiger partial charge is 0.0385 e. The third-order valence-electron chi connectivity index (χ3n) is 3.18. The van der Waals surface area contributed by atoms with Gasteiger partial charge in [0.05, 0.1) is 0 Å². The molecule has 62 valence electrons. The predicted octanol–water partition coefficient (Wildman–Crippen LogP) is 2.80. The van der Waals surface area contributed by atoms with Crippen molar-refractivity contribution in [2.24, 2.45) is 10.4 Å². The Kier molecular flexibility index (Phi) is 1.97. The summed E-state index contributed by atoms with van der Waals surface area (Å²) in [5.74, 6) is 0. The lowest BCUT2D eigenvalue weighted by Gasteiger charge is -2.35. The summed E-state index contributed by atoms with van der Waals surface area (Å²) in [5, 5.41) is 0. The van der Waals surface area contributed by atoms with E-state index in [1.165, 1.54) is 44.9 Å². The second kappa shape index (κ2) is 2.96. The van der Waals surface area contributed by atoms with Gasteiger partial charge in [-0.3, -0.25) is 4.99 Å². The van der Waals surface area contributed by atoms with Crippen molar-refractivity contribution in [3.8, 4) is 0 Å². The first-order chi connectivity index (χ1) is 5.41. The van der Waals surface area contributed by atoms with Crippen molar-refractivity contribution in [3.05, 3.63) is 0 Å². The Hall–Kier alpha value is -0.330. The van der Waals surface area contributed by atoms with Crippen molar-refractivity contribution in [1.29, 1.82) is 0 Å². The minimum Gasteiger partial charge on any atom is -0.297 e. The van der Waals surface area contributed by atoms with Crippen LogP contribution in [0.1, 0.15) is 44.9 Å². The first kappa shape index (κ1) is 7.33. The van der Waals surface area contributed by atoms with Gasteiger partial charge in [-0.05, 0) is 25.7 Å². The van der Waals surface area contributed by atoms with Crippen LogP contribution in [0.4, 0.5) is 0 Å². The van der Waals surface area contributed by atoms with Crippen LogP contribution in [0.15, 0.2) is 4.99 Å². The number of hydrogen-bond acceptors (Lipinski definition) is 1. The van der Waals surface area contributed by atoms with Crippen molar-refractivity contribution < 1.29 is 0 Å². The average molecular weight is 151 g/mol. The third-order valence-corrected chi connectivity index (χ3v) is 3.18. The Morgan fingerprint density at radius 3 is 2.27 bits per heavy atom. The van der Waals surface area contributed by atoms with Crippen LogP contribution >= 0.6 is 0 Å². The highest BCUT2D eigenvalue weighted by atomic mass is 14.7. The Balaban J connectivity index is 2.06. The Labute approximate surface area is 68.9 Å². The van der Waals surface area contributed by atoms with Gasteiger partial charge in [-0.2, -0.15) is 0 Å². The lowest BCUT2D eigenvalue weighted by Crippen LogP contribution is -2.28. The van der Waals surface area contributed by atoms with E-state index in [4.69, 9.17) is 0 Å². The maximum Gasteiger partial charge on any atom is 0.0385 e. The third kappa shape index (κ3) is 1.47. The first-order valence-corrected chi connectivity index (χ1v) is 4.92. The molecule has 1 heteroatoms. The first-order valence-electron chi connectivity index (χ1n) is 4.92. The number of rotatable bonds is 0. The molecule has 1 aliphatic carbocycles. The molecule has 0 aromatic rings. The van der Waals surface area contributed by atoms with Crippen molar-refractivity contribution in [2.45, 2.75) is 44.9 Å². The zero-order chi connectivity index (χ0) is 7.57. The highest BCUT2D eigenvalue weighted by Gasteiger charge is 2.30. The van der Waals surface area contributed by atoms with Gasteiger partial charge in [0.15, 0.2) is 0 Å². The molecule has 2 rings (SSSR count). The highest BCUT2D eigenvalue weighted by molar-refractivity contribution is 5.66. The molecule has 1 nitrogen and oxygen atoms in total. The second-order valence-electron chi connectivity index (χ2n) is 4.06. The molecule has 0 radical (unpaired) electrons. The molecule has 1 saturated carbocycles. The van der Waals surface area contributed by atoms with Gasteiger partial charge in [-0.25, -0.2) is 0 Å². The highest BCUT2D eigenvalue weighted by Crippen LogP contribution is 2.39. The normalized spacial score (nSPS) is 29.1. The van der Waals surface area contributed by atoms with Gasteiger partial charge in [0.25, 0.3) is 0 Å². The molecule has 0 atom stereocenters. The lowest BCUT2D eigenvalue weighted by atomic mass is 9.71. The average Bonchev–Trinajstić information content (AvgIpc) is 2.07. The van der Waals surface area contributed by atoms with Crippen LogP contribution in [-0.4, -0.2) is 12.8 Å². The summed E-state index contributed by atoms with van der Waals surface area (Å²) in [6.07, 6.45) is 12.2. The maximum absolute atomic E-state index is 4.43. The fourth-order valence-electron chi connectivity index (χ4n) is 2.48. The summed E-state index contributed by atoms with van der Waals surface area (Å²) in [5.41, 5.74) is 0.566. The molecule has 1 fully saturated rings. The SMILES string of the molecule is C1=NCCCC12CCCCC2. The van der Waals surface area contributed by atoms with Crippen molar-refractivity contribution in [3.63, 3.8) is 0 Å². The molecule has 0 aromatic carbocycles. The molecule has 1 aliphatic heterocycles. The van der Waals surface area contributed by atoms with E-state index >= 15 is 0 Å². The van der Waals surface area contributed by atoms with Crippen LogP contribution in [0.25, 0.3) is 0 Å². The molecule has 0 N–H and O–H groups in total. The Bertz CT molecular complexity index is 154. The Morgan fingerprint density at radius 2 is 1.64 bits per heavy atom. The maximum atomic E-state index is 4.43. The van der Waals surface area contributed by atoms with Crippen LogP contribution in [0, 0.1) is 5.41 Å². The van der Waals surface area contributed by atoms with E-state index in [0.29, 0.717) is 5.41 Å². The molecule has 11 heavy (non-hydrogen) atoms. The Morgan fingerprint density at radius 1 is 0.909 bits per heavy atom. The van der Waals surface area contributed by atoms with E-state index in [1.807, 2.05) is 0 Å². The van der Waals surface area contributed by atoms with Crippen molar-refractivity contribution >= 4 is 6.21 Å². The second-order valence-corrected chi connectivity index (χ2v) is 4.06. The summed E-state index contributed by atoms with van der Waals surface area (Å²) in [7, 11) is 0. The van der Waals surface area contributed by atoms with Crippen molar-refractivity contribution in [1.82, 2.24) is 0 Å². The zero-order valence-corrected chi connectivity index (χ0v) is 7.18. The van der Waals surface area contributed by atoms with Crippen LogP contribution in [0.5, 0.6) is 0 Å². The molecule has 0 aromatic heterocycles. The largest absolute Gasteiger partial charge is 0.297 e. The van der Waals surface area contributed by atoms with Gasteiger partial charge in [-0.1, -0.05) is 19.3 Å². The molecule has 0 saturated heterocycles. The molecule has 0 bridgehead atoms. The summed E-state index contributed by atoms with van der Waals surface area (Å²) in [6.45, 7) is 1.09. The summed E-state index contributed by atoms with van der Waals surface area (Å²) in [6, 6.07) is 0. The quantitative estimate of drug-likeness (QED) is 0.505. The number of aliphatic imine (C=N–C) groups is 1. The van der Waals surface area contributed by atoms with Gasteiger partial charge in [0, 0.05) is 18.2 Å². The minimum absolute atomic E-state index is 0.566. The fourth-order valence-corrected chi connectivity index (χ4v) is 2.48. The van der Waals surface area contributed by atoms with E-state index in [1.54, 1.807) is 0 Å².